The summed E-state index contributed by atoms with van der Waals surface area (Å²) in [4.78, 5) is 33.6. The van der Waals surface area contributed by atoms with Gasteiger partial charge in [-0.2, -0.15) is 0 Å². The molecule has 1 amide bonds. The first-order valence-corrected chi connectivity index (χ1v) is 16.5. The maximum atomic E-state index is 12.9. The minimum absolute atomic E-state index is 0.0929. The van der Waals surface area contributed by atoms with Crippen molar-refractivity contribution in [1.82, 2.24) is 25.0 Å². The van der Waals surface area contributed by atoms with E-state index >= 15 is 0 Å². The largest absolute Gasteiger partial charge is 0.467 e. The van der Waals surface area contributed by atoms with E-state index in [2.05, 4.69) is 55.0 Å². The third-order valence-corrected chi connectivity index (χ3v) is 9.32. The predicted molar refractivity (Wildman–Crippen MR) is 178 cm³/mol. The summed E-state index contributed by atoms with van der Waals surface area (Å²) in [5, 5.41) is 5.62. The SMILES string of the molecule is CCn1c(-c2cccnc2C(C)OC)c(CC(C)(C)COC=O)c2cc(-c3csc(CC(N)C(=O)N4CCCCN4)n3)ccc21. The van der Waals surface area contributed by atoms with Crippen molar-refractivity contribution in [1.29, 1.82) is 0 Å². The van der Waals surface area contributed by atoms with Gasteiger partial charge in [0.05, 0.1) is 40.8 Å². The van der Waals surface area contributed by atoms with Crippen molar-refractivity contribution in [2.24, 2.45) is 11.1 Å². The molecule has 1 aliphatic rings. The molecule has 4 aromatic rings. The van der Waals surface area contributed by atoms with Crippen LogP contribution in [0.25, 0.3) is 33.4 Å². The van der Waals surface area contributed by atoms with Crippen LogP contribution in [0.15, 0.2) is 41.9 Å². The molecule has 2 atom stereocenters. The van der Waals surface area contributed by atoms with Crippen LogP contribution in [-0.2, 0) is 38.4 Å². The molecule has 4 heterocycles. The van der Waals surface area contributed by atoms with Crippen molar-refractivity contribution in [2.45, 2.75) is 72.1 Å². The summed E-state index contributed by atoms with van der Waals surface area (Å²) in [6.07, 6.45) is 4.70. The Morgan fingerprint density at radius 3 is 2.80 bits per heavy atom. The molecule has 1 aliphatic heterocycles. The molecule has 2 unspecified atom stereocenters. The number of methoxy groups -OCH3 is 1. The van der Waals surface area contributed by atoms with Gasteiger partial charge in [-0.1, -0.05) is 19.9 Å². The minimum Gasteiger partial charge on any atom is -0.467 e. The molecule has 3 aromatic heterocycles. The molecule has 3 N–H and O–H groups in total. The van der Waals surface area contributed by atoms with E-state index in [-0.39, 0.29) is 17.4 Å². The number of benzene rings is 1. The molecule has 0 spiro atoms. The molecule has 45 heavy (non-hydrogen) atoms. The number of carbonyl (C=O) groups is 2. The van der Waals surface area contributed by atoms with E-state index in [1.165, 1.54) is 11.3 Å². The van der Waals surface area contributed by atoms with Crippen LogP contribution >= 0.6 is 11.3 Å². The Bertz CT molecular complexity index is 1640. The summed E-state index contributed by atoms with van der Waals surface area (Å²) in [6, 6.07) is 9.88. The van der Waals surface area contributed by atoms with Crippen LogP contribution in [0.5, 0.6) is 0 Å². The van der Waals surface area contributed by atoms with Crippen molar-refractivity contribution in [2.75, 3.05) is 26.8 Å². The van der Waals surface area contributed by atoms with Gasteiger partial charge in [0, 0.05) is 72.2 Å². The number of pyridine rings is 1. The number of ether oxygens (including phenoxy) is 2. The molecule has 1 fully saturated rings. The van der Waals surface area contributed by atoms with E-state index in [9.17, 15) is 9.59 Å². The smallest absolute Gasteiger partial charge is 0.293 e. The lowest BCUT2D eigenvalue weighted by atomic mass is 9.84. The fourth-order valence-electron chi connectivity index (χ4n) is 6.13. The monoisotopic (exact) mass is 632 g/mol. The van der Waals surface area contributed by atoms with Crippen LogP contribution in [0.4, 0.5) is 0 Å². The van der Waals surface area contributed by atoms with Crippen LogP contribution < -0.4 is 11.2 Å². The van der Waals surface area contributed by atoms with Crippen LogP contribution in [0.2, 0.25) is 0 Å². The Morgan fingerprint density at radius 2 is 2.09 bits per heavy atom. The Hall–Kier alpha value is -3.64. The Morgan fingerprint density at radius 1 is 1.27 bits per heavy atom. The number of aromatic nitrogens is 3. The average molecular weight is 633 g/mol. The number of thiazole rings is 1. The zero-order valence-corrected chi connectivity index (χ0v) is 27.7. The van der Waals surface area contributed by atoms with Gasteiger partial charge < -0.3 is 19.8 Å². The van der Waals surface area contributed by atoms with E-state index in [0.717, 1.165) is 75.6 Å². The highest BCUT2D eigenvalue weighted by Gasteiger charge is 2.29. The zero-order valence-electron chi connectivity index (χ0n) is 26.8. The van der Waals surface area contributed by atoms with Crippen molar-refractivity contribution < 1.29 is 19.1 Å². The zero-order chi connectivity index (χ0) is 32.1. The maximum absolute atomic E-state index is 12.9. The second-order valence-corrected chi connectivity index (χ2v) is 13.4. The average Bonchev–Trinajstić information content (AvgIpc) is 3.65. The topological polar surface area (TPSA) is 125 Å². The number of nitrogens with two attached hydrogens (primary N) is 1. The van der Waals surface area contributed by atoms with Crippen molar-refractivity contribution in [3.8, 4) is 22.5 Å². The molecule has 11 heteroatoms. The van der Waals surface area contributed by atoms with Gasteiger partial charge in [0.1, 0.15) is 0 Å². The fraction of sp³-hybridized carbons (Fsp3) is 0.471. The number of aryl methyl sites for hydroxylation is 1. The van der Waals surface area contributed by atoms with Gasteiger partial charge in [0.15, 0.2) is 0 Å². The van der Waals surface area contributed by atoms with E-state index in [4.69, 9.17) is 25.2 Å². The van der Waals surface area contributed by atoms with E-state index in [1.807, 2.05) is 18.4 Å². The predicted octanol–water partition coefficient (Wildman–Crippen LogP) is 5.29. The number of hydrazine groups is 1. The quantitative estimate of drug-likeness (QED) is 0.191. The second kappa shape index (κ2) is 14.2. The molecule has 240 valence electrons. The third-order valence-electron chi connectivity index (χ3n) is 8.45. The number of nitrogens with one attached hydrogen (secondary N) is 1. The number of hydrogen-bond donors (Lipinski definition) is 2. The number of fused-ring (bicyclic) bond motifs is 1. The molecule has 0 bridgehead atoms. The molecule has 1 saturated heterocycles. The van der Waals surface area contributed by atoms with Crippen LogP contribution in [0.3, 0.4) is 0 Å². The molecule has 10 nitrogen and oxygen atoms in total. The van der Waals surface area contributed by atoms with Gasteiger partial charge in [-0.05, 0) is 62.9 Å². The first-order chi connectivity index (χ1) is 21.7. The van der Waals surface area contributed by atoms with E-state index in [0.29, 0.717) is 32.5 Å². The minimum atomic E-state index is -0.649. The normalized spacial score (nSPS) is 15.3. The van der Waals surface area contributed by atoms with Crippen LogP contribution in [0.1, 0.15) is 62.9 Å². The van der Waals surface area contributed by atoms with Crippen molar-refractivity contribution in [3.63, 3.8) is 0 Å². The van der Waals surface area contributed by atoms with Gasteiger partial charge in [0.2, 0.25) is 0 Å². The lowest BCUT2D eigenvalue weighted by Gasteiger charge is -2.29. The van der Waals surface area contributed by atoms with Crippen molar-refractivity contribution in [3.05, 3.63) is 58.2 Å². The summed E-state index contributed by atoms with van der Waals surface area (Å²) in [6.45, 7) is 11.4. The highest BCUT2D eigenvalue weighted by molar-refractivity contribution is 7.10. The summed E-state index contributed by atoms with van der Waals surface area (Å²) >= 11 is 1.52. The summed E-state index contributed by atoms with van der Waals surface area (Å²) in [5.41, 5.74) is 16.2. The Labute approximate surface area is 268 Å². The molecular weight excluding hydrogens is 588 g/mol. The second-order valence-electron chi connectivity index (χ2n) is 12.4. The third kappa shape index (κ3) is 7.12. The lowest BCUT2D eigenvalue weighted by Crippen LogP contribution is -2.53. The standard InChI is InChI=1S/C34H44N6O4S/c1-6-39-29-12-11-23(28-19-45-30(38-28)17-27(35)33(42)40-15-8-7-14-37-40)16-25(29)26(18-34(3,4)20-44-21-41)32(39)24-10-9-13-36-31(24)22(2)43-5/h9-13,16,19,21-22,27,37H,6-8,14-15,17-18,20,35H2,1-5H3. The summed E-state index contributed by atoms with van der Waals surface area (Å²) < 4.78 is 13.3. The summed E-state index contributed by atoms with van der Waals surface area (Å²) in [5.74, 6) is -0.0929. The molecule has 5 rings (SSSR count). The van der Waals surface area contributed by atoms with Gasteiger partial charge in [-0.25, -0.2) is 10.4 Å². The number of carbonyl (C=O) groups excluding carboxylic acids is 2. The number of rotatable bonds is 13. The van der Waals surface area contributed by atoms with Gasteiger partial charge >= 0.3 is 0 Å². The molecular formula is C34H44N6O4S. The van der Waals surface area contributed by atoms with E-state index < -0.39 is 6.04 Å². The maximum Gasteiger partial charge on any atom is 0.293 e. The number of nitrogens with zero attached hydrogens (tertiary/aromatic N) is 4. The first kappa shape index (κ1) is 32.7. The van der Waals surface area contributed by atoms with Crippen LogP contribution in [-0.4, -0.2) is 64.8 Å². The molecule has 0 aliphatic carbocycles. The summed E-state index contributed by atoms with van der Waals surface area (Å²) in [7, 11) is 1.70. The van der Waals surface area contributed by atoms with Gasteiger partial charge in [-0.15, -0.1) is 11.3 Å². The number of amides is 1. The Balaban J connectivity index is 1.56. The lowest BCUT2D eigenvalue weighted by molar-refractivity contribution is -0.137. The molecule has 0 saturated carbocycles. The van der Waals surface area contributed by atoms with Gasteiger partial charge in [-0.3, -0.25) is 19.6 Å². The van der Waals surface area contributed by atoms with Gasteiger partial charge in [0.25, 0.3) is 12.4 Å². The fourth-order valence-corrected chi connectivity index (χ4v) is 6.99. The van der Waals surface area contributed by atoms with Crippen molar-refractivity contribution >= 4 is 34.6 Å². The van der Waals surface area contributed by atoms with E-state index in [1.54, 1.807) is 18.3 Å². The highest BCUT2D eigenvalue weighted by Crippen LogP contribution is 2.41. The number of hydrogen-bond acceptors (Lipinski definition) is 9. The Kier molecular flexibility index (Phi) is 10.3. The molecule has 0 radical (unpaired) electrons. The first-order valence-electron chi connectivity index (χ1n) is 15.6. The highest BCUT2D eigenvalue weighted by atomic mass is 32.1. The van der Waals surface area contributed by atoms with Crippen LogP contribution in [0, 0.1) is 5.41 Å². The molecule has 1 aromatic carbocycles.